The SMILES string of the molecule is Cc1ccc2c(c1)-c1ccccc1S(=O)(=O)N2CC(=O)Nc1ccccc1C(C)C. The van der Waals surface area contributed by atoms with Gasteiger partial charge >= 0.3 is 0 Å². The number of fused-ring (bicyclic) bond motifs is 3. The zero-order valence-electron chi connectivity index (χ0n) is 17.2. The second-order valence-corrected chi connectivity index (χ2v) is 9.65. The lowest BCUT2D eigenvalue weighted by molar-refractivity contribution is -0.114. The molecule has 3 aromatic rings. The molecule has 0 radical (unpaired) electrons. The number of benzene rings is 3. The van der Waals surface area contributed by atoms with Crippen LogP contribution >= 0.6 is 0 Å². The maximum Gasteiger partial charge on any atom is 0.265 e. The molecular formula is C24H24N2O3S. The zero-order chi connectivity index (χ0) is 21.5. The van der Waals surface area contributed by atoms with Crippen molar-refractivity contribution in [3.8, 4) is 11.1 Å². The second kappa shape index (κ2) is 7.61. The Morgan fingerprint density at radius 2 is 1.67 bits per heavy atom. The maximum absolute atomic E-state index is 13.4. The minimum atomic E-state index is -3.85. The lowest BCUT2D eigenvalue weighted by Crippen LogP contribution is -2.40. The Morgan fingerprint density at radius 1 is 0.967 bits per heavy atom. The van der Waals surface area contributed by atoms with Crippen LogP contribution in [-0.2, 0) is 14.8 Å². The number of para-hydroxylation sites is 1. The van der Waals surface area contributed by atoms with Gasteiger partial charge in [-0.2, -0.15) is 0 Å². The van der Waals surface area contributed by atoms with Crippen LogP contribution in [0.2, 0.25) is 0 Å². The van der Waals surface area contributed by atoms with Gasteiger partial charge in [0.1, 0.15) is 6.54 Å². The van der Waals surface area contributed by atoms with Crippen LogP contribution in [0, 0.1) is 6.92 Å². The fraction of sp³-hybridized carbons (Fsp3) is 0.208. The van der Waals surface area contributed by atoms with Crippen LogP contribution in [-0.4, -0.2) is 20.9 Å². The van der Waals surface area contributed by atoms with E-state index in [2.05, 4.69) is 19.2 Å². The molecule has 1 amide bonds. The van der Waals surface area contributed by atoms with Gasteiger partial charge in [-0.1, -0.05) is 61.9 Å². The third-order valence-corrected chi connectivity index (χ3v) is 7.13. The predicted molar refractivity (Wildman–Crippen MR) is 120 cm³/mol. The highest BCUT2D eigenvalue weighted by Gasteiger charge is 2.35. The average molecular weight is 421 g/mol. The lowest BCUT2D eigenvalue weighted by atomic mass is 10.0. The Bertz CT molecular complexity index is 1230. The molecule has 3 aromatic carbocycles. The highest BCUT2D eigenvalue weighted by Crippen LogP contribution is 2.43. The third-order valence-electron chi connectivity index (χ3n) is 5.31. The molecule has 0 bridgehead atoms. The van der Waals surface area contributed by atoms with Crippen LogP contribution in [0.1, 0.15) is 30.9 Å². The molecule has 30 heavy (non-hydrogen) atoms. The third kappa shape index (κ3) is 3.48. The van der Waals surface area contributed by atoms with Crippen LogP contribution in [0.3, 0.4) is 0 Å². The number of hydrogen-bond donors (Lipinski definition) is 1. The summed E-state index contributed by atoms with van der Waals surface area (Å²) in [5.41, 5.74) is 4.74. The molecule has 1 N–H and O–H groups in total. The topological polar surface area (TPSA) is 66.5 Å². The summed E-state index contributed by atoms with van der Waals surface area (Å²) in [6.07, 6.45) is 0. The smallest absolute Gasteiger partial charge is 0.265 e. The Labute approximate surface area is 177 Å². The van der Waals surface area contributed by atoms with E-state index >= 15 is 0 Å². The van der Waals surface area contributed by atoms with E-state index in [0.717, 1.165) is 16.7 Å². The minimum absolute atomic E-state index is 0.221. The van der Waals surface area contributed by atoms with E-state index < -0.39 is 10.0 Å². The molecule has 1 heterocycles. The highest BCUT2D eigenvalue weighted by molar-refractivity contribution is 7.93. The molecule has 0 atom stereocenters. The summed E-state index contributed by atoms with van der Waals surface area (Å²) in [6, 6.07) is 20.1. The largest absolute Gasteiger partial charge is 0.324 e. The van der Waals surface area contributed by atoms with Gasteiger partial charge < -0.3 is 5.32 Å². The summed E-state index contributed by atoms with van der Waals surface area (Å²) in [5, 5.41) is 2.90. The first-order valence-electron chi connectivity index (χ1n) is 9.90. The van der Waals surface area contributed by atoms with E-state index in [-0.39, 0.29) is 23.3 Å². The number of nitrogens with zero attached hydrogens (tertiary/aromatic N) is 1. The summed E-state index contributed by atoms with van der Waals surface area (Å²) < 4.78 is 27.9. The van der Waals surface area contributed by atoms with Gasteiger partial charge in [-0.3, -0.25) is 9.10 Å². The number of nitrogens with one attached hydrogen (secondary N) is 1. The molecule has 5 nitrogen and oxygen atoms in total. The van der Waals surface area contributed by atoms with E-state index in [1.54, 1.807) is 24.3 Å². The molecule has 6 heteroatoms. The monoisotopic (exact) mass is 420 g/mol. The van der Waals surface area contributed by atoms with E-state index in [1.165, 1.54) is 4.31 Å². The van der Waals surface area contributed by atoms with Crippen molar-refractivity contribution in [2.45, 2.75) is 31.6 Å². The molecule has 0 aromatic heterocycles. The Morgan fingerprint density at radius 3 is 2.43 bits per heavy atom. The molecule has 0 fully saturated rings. The van der Waals surface area contributed by atoms with Gasteiger partial charge in [0.2, 0.25) is 5.91 Å². The number of rotatable bonds is 4. The molecular weight excluding hydrogens is 396 g/mol. The normalized spacial score (nSPS) is 14.2. The number of amides is 1. The summed E-state index contributed by atoms with van der Waals surface area (Å²) >= 11 is 0. The second-order valence-electron chi connectivity index (χ2n) is 7.82. The van der Waals surface area contributed by atoms with E-state index in [4.69, 9.17) is 0 Å². The highest BCUT2D eigenvalue weighted by atomic mass is 32.2. The van der Waals surface area contributed by atoms with Crippen molar-refractivity contribution in [2.75, 3.05) is 16.2 Å². The number of sulfonamides is 1. The lowest BCUT2D eigenvalue weighted by Gasteiger charge is -2.32. The Hall–Kier alpha value is -3.12. The van der Waals surface area contributed by atoms with Crippen molar-refractivity contribution < 1.29 is 13.2 Å². The summed E-state index contributed by atoms with van der Waals surface area (Å²) in [6.45, 7) is 5.77. The molecule has 0 aliphatic carbocycles. The van der Waals surface area contributed by atoms with Gasteiger partial charge in [-0.25, -0.2) is 8.42 Å². The van der Waals surface area contributed by atoms with Crippen molar-refractivity contribution in [3.05, 3.63) is 77.9 Å². The Balaban J connectivity index is 1.72. The quantitative estimate of drug-likeness (QED) is 0.651. The van der Waals surface area contributed by atoms with Crippen LogP contribution in [0.5, 0.6) is 0 Å². The maximum atomic E-state index is 13.4. The van der Waals surface area contributed by atoms with E-state index in [9.17, 15) is 13.2 Å². The summed E-state index contributed by atoms with van der Waals surface area (Å²) in [7, 11) is -3.85. The van der Waals surface area contributed by atoms with Gasteiger partial charge in [0.05, 0.1) is 10.6 Å². The molecule has 1 aliphatic rings. The van der Waals surface area contributed by atoms with Gasteiger partial charge in [-0.15, -0.1) is 0 Å². The molecule has 0 unspecified atom stereocenters. The number of hydrogen-bond acceptors (Lipinski definition) is 3. The molecule has 0 spiro atoms. The number of anilines is 2. The van der Waals surface area contributed by atoms with Gasteiger partial charge in [0.25, 0.3) is 10.0 Å². The minimum Gasteiger partial charge on any atom is -0.324 e. The van der Waals surface area contributed by atoms with Crippen molar-refractivity contribution in [3.63, 3.8) is 0 Å². The predicted octanol–water partition coefficient (Wildman–Crippen LogP) is 4.93. The first-order valence-corrected chi connectivity index (χ1v) is 11.3. The van der Waals surface area contributed by atoms with Gasteiger partial charge in [0, 0.05) is 16.8 Å². The van der Waals surface area contributed by atoms with Crippen LogP contribution < -0.4 is 9.62 Å². The molecule has 1 aliphatic heterocycles. The Kier molecular flexibility index (Phi) is 5.12. The molecule has 154 valence electrons. The van der Waals surface area contributed by atoms with Crippen molar-refractivity contribution >= 4 is 27.3 Å². The first-order chi connectivity index (χ1) is 14.3. The zero-order valence-corrected chi connectivity index (χ0v) is 18.0. The number of aryl methyl sites for hydroxylation is 1. The standard InChI is InChI=1S/C24H24N2O3S/c1-16(2)18-8-4-6-10-21(18)25-24(27)15-26-22-13-12-17(3)14-20(22)19-9-5-7-11-23(19)30(26,28)29/h4-14,16H,15H2,1-3H3,(H,25,27). The van der Waals surface area contributed by atoms with Gasteiger partial charge in [-0.05, 0) is 42.7 Å². The van der Waals surface area contributed by atoms with E-state index in [0.29, 0.717) is 16.9 Å². The molecule has 4 rings (SSSR count). The fourth-order valence-electron chi connectivity index (χ4n) is 3.85. The first kappa shape index (κ1) is 20.2. The number of carbonyl (C=O) groups excluding carboxylic acids is 1. The summed E-state index contributed by atoms with van der Waals surface area (Å²) in [4.78, 5) is 13.1. The average Bonchev–Trinajstić information content (AvgIpc) is 2.71. The van der Waals surface area contributed by atoms with Crippen LogP contribution in [0.15, 0.2) is 71.6 Å². The molecule has 0 saturated heterocycles. The molecule has 0 saturated carbocycles. The van der Waals surface area contributed by atoms with Crippen molar-refractivity contribution in [1.82, 2.24) is 0 Å². The fourth-order valence-corrected chi connectivity index (χ4v) is 5.50. The van der Waals surface area contributed by atoms with Crippen molar-refractivity contribution in [1.29, 1.82) is 0 Å². The number of carbonyl (C=O) groups is 1. The van der Waals surface area contributed by atoms with E-state index in [1.807, 2.05) is 49.4 Å². The van der Waals surface area contributed by atoms with Crippen molar-refractivity contribution in [2.24, 2.45) is 0 Å². The summed E-state index contributed by atoms with van der Waals surface area (Å²) in [5.74, 6) is -0.145. The van der Waals surface area contributed by atoms with Crippen LogP contribution in [0.4, 0.5) is 11.4 Å². The van der Waals surface area contributed by atoms with Gasteiger partial charge in [0.15, 0.2) is 0 Å². The van der Waals surface area contributed by atoms with Crippen LogP contribution in [0.25, 0.3) is 11.1 Å².